The largest absolute Gasteiger partial charge is 0.313 e. The smallest absolute Gasteiger partial charge is 0.0146 e. The molecule has 0 saturated carbocycles. The molecule has 54 valence electrons. The molecule has 0 aromatic rings. The van der Waals surface area contributed by atoms with Crippen LogP contribution in [0.3, 0.4) is 0 Å². The van der Waals surface area contributed by atoms with Gasteiger partial charge in [0, 0.05) is 16.5 Å². The summed E-state index contributed by atoms with van der Waals surface area (Å²) in [5.74, 6) is 0. The van der Waals surface area contributed by atoms with E-state index in [1.165, 1.54) is 16.4 Å². The molecule has 0 radical (unpaired) electrons. The molecule has 0 bridgehead atoms. The lowest BCUT2D eigenvalue weighted by Crippen LogP contribution is -2.14. The normalized spacial score (nSPS) is 10.9. The summed E-state index contributed by atoms with van der Waals surface area (Å²) in [4.78, 5) is 0. The second kappa shape index (κ2) is 8.72. The van der Waals surface area contributed by atoms with Gasteiger partial charge in [-0.3, -0.25) is 0 Å². The van der Waals surface area contributed by atoms with Gasteiger partial charge in [0.1, 0.15) is 0 Å². The van der Waals surface area contributed by atoms with E-state index in [2.05, 4.69) is 27.9 Å². The van der Waals surface area contributed by atoms with Crippen molar-refractivity contribution in [1.82, 2.24) is 5.32 Å². The summed E-state index contributed by atoms with van der Waals surface area (Å²) in [7, 11) is 0. The summed E-state index contributed by atoms with van der Waals surface area (Å²) in [6, 6.07) is 0. The average Bonchev–Trinajstić information content (AvgIpc) is 1.89. The molecule has 0 fully saturated rings. The van der Waals surface area contributed by atoms with Crippen LogP contribution in [0.2, 0.25) is 0 Å². The molecule has 0 rings (SSSR count). The number of hydrogen-bond donors (Lipinski definition) is 1. The summed E-state index contributed by atoms with van der Waals surface area (Å²) >= 11 is 7.66. The molecule has 9 heavy (non-hydrogen) atoms. The first-order valence-corrected chi connectivity index (χ1v) is 4.90. The van der Waals surface area contributed by atoms with E-state index in [0.29, 0.717) is 0 Å². The van der Waals surface area contributed by atoms with Crippen molar-refractivity contribution in [1.29, 1.82) is 0 Å². The van der Waals surface area contributed by atoms with Crippen molar-refractivity contribution in [3.8, 4) is 0 Å². The fourth-order valence-corrected chi connectivity index (χ4v) is 0.892. The molecule has 0 spiro atoms. The molecule has 0 aliphatic heterocycles. The summed E-state index contributed by atoms with van der Waals surface area (Å²) in [6.45, 7) is 1.98. The maximum atomic E-state index is 5.29. The standard InChI is InChI=1S/C6H11ClIN/c7-3-1-5-9-6-2-4-8/h1,3,9H,2,4-6H2/b3-1+. The molecular formula is C6H11ClIN. The maximum Gasteiger partial charge on any atom is 0.0146 e. The zero-order valence-electron chi connectivity index (χ0n) is 5.24. The summed E-state index contributed by atoms with van der Waals surface area (Å²) in [5, 5.41) is 3.21. The minimum absolute atomic E-state index is 0.889. The molecule has 0 atom stereocenters. The molecule has 0 amide bonds. The Labute approximate surface area is 75.0 Å². The van der Waals surface area contributed by atoms with Crippen LogP contribution in [0.1, 0.15) is 6.42 Å². The van der Waals surface area contributed by atoms with Crippen molar-refractivity contribution in [3.63, 3.8) is 0 Å². The molecule has 3 heteroatoms. The summed E-state index contributed by atoms with van der Waals surface area (Å²) in [5.41, 5.74) is 1.54. The first kappa shape index (κ1) is 9.72. The Morgan fingerprint density at radius 1 is 1.56 bits per heavy atom. The van der Waals surface area contributed by atoms with Crippen molar-refractivity contribution >= 4 is 34.2 Å². The topological polar surface area (TPSA) is 12.0 Å². The number of rotatable bonds is 5. The lowest BCUT2D eigenvalue weighted by atomic mass is 10.5. The number of halogens is 2. The highest BCUT2D eigenvalue weighted by Gasteiger charge is 1.80. The Hall–Kier alpha value is 0.720. The molecule has 0 aliphatic rings. The van der Waals surface area contributed by atoms with E-state index in [-0.39, 0.29) is 0 Å². The molecule has 0 aliphatic carbocycles. The zero-order valence-corrected chi connectivity index (χ0v) is 8.15. The van der Waals surface area contributed by atoms with Crippen LogP contribution in [-0.2, 0) is 0 Å². The minimum atomic E-state index is 0.889. The third-order valence-electron chi connectivity index (χ3n) is 0.838. The Bertz CT molecular complexity index is 75.5. The lowest BCUT2D eigenvalue weighted by molar-refractivity contribution is 0.738. The van der Waals surface area contributed by atoms with Crippen LogP contribution in [0.5, 0.6) is 0 Å². The second-order valence-electron chi connectivity index (χ2n) is 1.61. The summed E-state index contributed by atoms with van der Waals surface area (Å²) in [6.07, 6.45) is 3.13. The summed E-state index contributed by atoms with van der Waals surface area (Å²) < 4.78 is 1.22. The number of nitrogens with one attached hydrogen (secondary N) is 1. The Morgan fingerprint density at radius 2 is 2.33 bits per heavy atom. The van der Waals surface area contributed by atoms with Crippen molar-refractivity contribution < 1.29 is 0 Å². The highest BCUT2D eigenvalue weighted by atomic mass is 127. The number of alkyl halides is 1. The minimum Gasteiger partial charge on any atom is -0.313 e. The Kier molecular flexibility index (Phi) is 9.42. The predicted octanol–water partition coefficient (Wildman–Crippen LogP) is 2.15. The Balaban J connectivity index is 2.75. The van der Waals surface area contributed by atoms with Crippen LogP contribution < -0.4 is 5.32 Å². The van der Waals surface area contributed by atoms with E-state index in [1.807, 2.05) is 6.08 Å². The third-order valence-corrected chi connectivity index (χ3v) is 1.78. The monoisotopic (exact) mass is 259 g/mol. The van der Waals surface area contributed by atoms with Crippen LogP contribution in [0.25, 0.3) is 0 Å². The second-order valence-corrected chi connectivity index (χ2v) is 2.94. The van der Waals surface area contributed by atoms with Crippen LogP contribution >= 0.6 is 34.2 Å². The first-order chi connectivity index (χ1) is 4.41. The third kappa shape index (κ3) is 8.72. The highest BCUT2D eigenvalue weighted by molar-refractivity contribution is 14.1. The lowest BCUT2D eigenvalue weighted by Gasteiger charge is -1.95. The van der Waals surface area contributed by atoms with Gasteiger partial charge in [0.15, 0.2) is 0 Å². The van der Waals surface area contributed by atoms with Gasteiger partial charge in [-0.25, -0.2) is 0 Å². The molecule has 0 heterocycles. The van der Waals surface area contributed by atoms with Crippen LogP contribution in [0.4, 0.5) is 0 Å². The maximum absolute atomic E-state index is 5.29. The van der Waals surface area contributed by atoms with E-state index in [1.54, 1.807) is 0 Å². The SMILES string of the molecule is Cl/C=C/CNCCCI. The van der Waals surface area contributed by atoms with E-state index in [4.69, 9.17) is 11.6 Å². The van der Waals surface area contributed by atoms with E-state index < -0.39 is 0 Å². The van der Waals surface area contributed by atoms with Gasteiger partial charge in [0.25, 0.3) is 0 Å². The predicted molar refractivity (Wildman–Crippen MR) is 51.4 cm³/mol. The fourth-order valence-electron chi connectivity index (χ4n) is 0.422. The van der Waals surface area contributed by atoms with Crippen LogP contribution in [0.15, 0.2) is 11.6 Å². The quantitative estimate of drug-likeness (QED) is 0.453. The van der Waals surface area contributed by atoms with E-state index >= 15 is 0 Å². The van der Waals surface area contributed by atoms with Crippen molar-refractivity contribution in [3.05, 3.63) is 11.6 Å². The highest BCUT2D eigenvalue weighted by Crippen LogP contribution is 1.85. The molecule has 1 N–H and O–H groups in total. The van der Waals surface area contributed by atoms with E-state index in [0.717, 1.165) is 13.1 Å². The molecule has 0 saturated heterocycles. The number of hydrogen-bond acceptors (Lipinski definition) is 1. The van der Waals surface area contributed by atoms with Gasteiger partial charge < -0.3 is 5.32 Å². The molecule has 0 aromatic heterocycles. The van der Waals surface area contributed by atoms with Crippen molar-refractivity contribution in [2.24, 2.45) is 0 Å². The zero-order chi connectivity index (χ0) is 6.95. The van der Waals surface area contributed by atoms with E-state index in [9.17, 15) is 0 Å². The molecular weight excluding hydrogens is 248 g/mol. The van der Waals surface area contributed by atoms with Gasteiger partial charge in [0.2, 0.25) is 0 Å². The average molecular weight is 260 g/mol. The van der Waals surface area contributed by atoms with Gasteiger partial charge in [-0.1, -0.05) is 40.3 Å². The van der Waals surface area contributed by atoms with Crippen LogP contribution in [-0.4, -0.2) is 17.5 Å². The van der Waals surface area contributed by atoms with Crippen LogP contribution in [0, 0.1) is 0 Å². The Morgan fingerprint density at radius 3 is 2.89 bits per heavy atom. The molecule has 0 aromatic carbocycles. The molecule has 1 nitrogen and oxygen atoms in total. The van der Waals surface area contributed by atoms with Gasteiger partial charge in [-0.05, 0) is 13.0 Å². The molecule has 0 unspecified atom stereocenters. The van der Waals surface area contributed by atoms with Gasteiger partial charge in [-0.2, -0.15) is 0 Å². The van der Waals surface area contributed by atoms with Gasteiger partial charge in [0.05, 0.1) is 0 Å². The first-order valence-electron chi connectivity index (χ1n) is 2.93. The fraction of sp³-hybridized carbons (Fsp3) is 0.667. The van der Waals surface area contributed by atoms with Gasteiger partial charge >= 0.3 is 0 Å². The van der Waals surface area contributed by atoms with Crippen molar-refractivity contribution in [2.75, 3.05) is 17.5 Å². The van der Waals surface area contributed by atoms with Crippen molar-refractivity contribution in [2.45, 2.75) is 6.42 Å². The van der Waals surface area contributed by atoms with Gasteiger partial charge in [-0.15, -0.1) is 0 Å².